The minimum absolute atomic E-state index is 0.179. The maximum atomic E-state index is 10.9. The first-order valence-corrected chi connectivity index (χ1v) is 9.19. The van der Waals surface area contributed by atoms with Crippen molar-refractivity contribution in [3.63, 3.8) is 0 Å². The van der Waals surface area contributed by atoms with E-state index in [2.05, 4.69) is 42.2 Å². The van der Waals surface area contributed by atoms with Crippen LogP contribution in [0.3, 0.4) is 0 Å². The molecule has 0 saturated carbocycles. The Morgan fingerprint density at radius 3 is 2.72 bits per heavy atom. The van der Waals surface area contributed by atoms with Gasteiger partial charge in [-0.3, -0.25) is 9.69 Å². The Balaban J connectivity index is 1.44. The van der Waals surface area contributed by atoms with Crippen molar-refractivity contribution in [3.8, 4) is 5.75 Å². The van der Waals surface area contributed by atoms with Gasteiger partial charge in [0.2, 0.25) is 0 Å². The molecule has 0 bridgehead atoms. The van der Waals surface area contributed by atoms with Crippen LogP contribution in [0.5, 0.6) is 5.75 Å². The van der Waals surface area contributed by atoms with E-state index in [0.717, 1.165) is 38.0 Å². The average molecular weight is 339 g/mol. The number of carboxylic acids is 1. The first-order valence-electron chi connectivity index (χ1n) is 9.19. The van der Waals surface area contributed by atoms with E-state index in [1.165, 1.54) is 22.3 Å². The molecule has 1 aliphatic heterocycles. The van der Waals surface area contributed by atoms with Gasteiger partial charge >= 0.3 is 5.97 Å². The zero-order chi connectivity index (χ0) is 17.4. The molecule has 132 valence electrons. The molecular weight excluding hydrogens is 314 g/mol. The molecule has 1 aromatic rings. The van der Waals surface area contributed by atoms with Gasteiger partial charge in [-0.15, -0.1) is 0 Å². The van der Waals surface area contributed by atoms with E-state index in [0.29, 0.717) is 19.2 Å². The molecule has 1 saturated heterocycles. The van der Waals surface area contributed by atoms with Crippen LogP contribution < -0.4 is 4.74 Å². The lowest BCUT2D eigenvalue weighted by atomic mass is 9.85. The Morgan fingerprint density at radius 1 is 1.24 bits per heavy atom. The van der Waals surface area contributed by atoms with E-state index in [1.54, 1.807) is 0 Å². The number of carboxylic acid groups (broad SMARTS) is 1. The molecular formula is C21H25NO3. The average Bonchev–Trinajstić information content (AvgIpc) is 3.05. The molecule has 1 fully saturated rings. The molecule has 3 aliphatic rings. The Hall–Kier alpha value is -2.07. The Labute approximate surface area is 148 Å². The Morgan fingerprint density at radius 2 is 2.00 bits per heavy atom. The lowest BCUT2D eigenvalue weighted by Gasteiger charge is -2.38. The highest BCUT2D eigenvalue weighted by molar-refractivity contribution is 5.73. The van der Waals surface area contributed by atoms with Crippen molar-refractivity contribution < 1.29 is 14.6 Å². The van der Waals surface area contributed by atoms with Gasteiger partial charge < -0.3 is 9.84 Å². The highest BCUT2D eigenvalue weighted by atomic mass is 16.5. The number of hydrogen-bond acceptors (Lipinski definition) is 3. The zero-order valence-corrected chi connectivity index (χ0v) is 14.7. The summed E-state index contributed by atoms with van der Waals surface area (Å²) in [5, 5.41) is 9.01. The number of nitrogens with zero attached hydrogens (tertiary/aromatic N) is 1. The van der Waals surface area contributed by atoms with Gasteiger partial charge in [-0.25, -0.2) is 0 Å². The highest BCUT2D eigenvalue weighted by Crippen LogP contribution is 2.35. The fourth-order valence-corrected chi connectivity index (χ4v) is 4.08. The second kappa shape index (κ2) is 6.68. The fraction of sp³-hybridized carbons (Fsp3) is 0.476. The van der Waals surface area contributed by atoms with E-state index in [4.69, 9.17) is 9.84 Å². The number of likely N-dealkylation sites (tertiary alicyclic amines) is 1. The molecule has 4 heteroatoms. The minimum Gasteiger partial charge on any atom is -0.490 e. The number of aryl methyl sites for hydroxylation is 1. The number of hydrogen-bond donors (Lipinski definition) is 1. The summed E-state index contributed by atoms with van der Waals surface area (Å²) in [5.41, 5.74) is 5.50. The molecule has 1 N–H and O–H groups in total. The summed E-state index contributed by atoms with van der Waals surface area (Å²) in [4.78, 5) is 13.2. The molecule has 1 heterocycles. The largest absolute Gasteiger partial charge is 0.490 e. The van der Waals surface area contributed by atoms with Crippen molar-refractivity contribution in [1.29, 1.82) is 0 Å². The van der Waals surface area contributed by atoms with Crippen molar-refractivity contribution in [3.05, 3.63) is 47.1 Å². The van der Waals surface area contributed by atoms with E-state index in [9.17, 15) is 4.79 Å². The smallest absolute Gasteiger partial charge is 0.309 e. The first kappa shape index (κ1) is 16.4. The second-order valence-electron chi connectivity index (χ2n) is 7.46. The summed E-state index contributed by atoms with van der Waals surface area (Å²) in [6.07, 6.45) is 8.78. The van der Waals surface area contributed by atoms with Crippen LogP contribution in [0.25, 0.3) is 5.57 Å². The Kier molecular flexibility index (Phi) is 4.38. The highest BCUT2D eigenvalue weighted by Gasteiger charge is 2.33. The van der Waals surface area contributed by atoms with Crippen molar-refractivity contribution in [2.75, 3.05) is 19.6 Å². The van der Waals surface area contributed by atoms with E-state index >= 15 is 0 Å². The van der Waals surface area contributed by atoms with Crippen LogP contribution in [0.2, 0.25) is 0 Å². The summed E-state index contributed by atoms with van der Waals surface area (Å²) in [6, 6.07) is 6.49. The first-order chi connectivity index (χ1) is 12.1. The van der Waals surface area contributed by atoms with Crippen LogP contribution in [0.15, 0.2) is 35.9 Å². The molecule has 4 nitrogen and oxygen atoms in total. The molecule has 2 aliphatic carbocycles. The van der Waals surface area contributed by atoms with Crippen LogP contribution in [0.1, 0.15) is 37.3 Å². The van der Waals surface area contributed by atoms with Crippen LogP contribution in [0, 0.1) is 5.92 Å². The molecule has 0 amide bonds. The lowest BCUT2D eigenvalue weighted by molar-refractivity contribution is -0.147. The zero-order valence-electron chi connectivity index (χ0n) is 14.7. The van der Waals surface area contributed by atoms with E-state index < -0.39 is 5.97 Å². The van der Waals surface area contributed by atoms with E-state index in [1.807, 2.05) is 0 Å². The predicted molar refractivity (Wildman–Crippen MR) is 97.7 cm³/mol. The maximum Gasteiger partial charge on any atom is 0.309 e. The third kappa shape index (κ3) is 3.36. The second-order valence-corrected chi connectivity index (χ2v) is 7.46. The summed E-state index contributed by atoms with van der Waals surface area (Å²) in [7, 11) is 0. The Bertz CT molecular complexity index is 736. The van der Waals surface area contributed by atoms with Gasteiger partial charge in [-0.05, 0) is 48.6 Å². The van der Waals surface area contributed by atoms with Gasteiger partial charge in [0.1, 0.15) is 11.9 Å². The molecule has 0 atom stereocenters. The molecule has 25 heavy (non-hydrogen) atoms. The maximum absolute atomic E-state index is 10.9. The number of rotatable bonds is 5. The molecule has 0 radical (unpaired) electrons. The predicted octanol–water partition coefficient (Wildman–Crippen LogP) is 3.52. The van der Waals surface area contributed by atoms with Gasteiger partial charge in [0.25, 0.3) is 0 Å². The van der Waals surface area contributed by atoms with Crippen LogP contribution in [0.4, 0.5) is 0 Å². The third-order valence-electron chi connectivity index (χ3n) is 5.70. The number of carbonyl (C=O) groups is 1. The van der Waals surface area contributed by atoms with Crippen molar-refractivity contribution in [2.24, 2.45) is 5.92 Å². The summed E-state index contributed by atoms with van der Waals surface area (Å²) < 4.78 is 6.09. The van der Waals surface area contributed by atoms with Crippen LogP contribution in [-0.2, 0) is 11.2 Å². The normalized spacial score (nSPS) is 21.3. The summed E-state index contributed by atoms with van der Waals surface area (Å²) >= 11 is 0. The number of benzene rings is 1. The van der Waals surface area contributed by atoms with E-state index in [-0.39, 0.29) is 5.92 Å². The number of allylic oxidation sites excluding steroid dienone is 1. The summed E-state index contributed by atoms with van der Waals surface area (Å²) in [5.74, 6) is 0.137. The van der Waals surface area contributed by atoms with Crippen molar-refractivity contribution >= 4 is 11.5 Å². The van der Waals surface area contributed by atoms with Gasteiger partial charge in [0.05, 0.1) is 5.92 Å². The molecule has 0 unspecified atom stereocenters. The molecule has 4 rings (SSSR count). The molecule has 1 aromatic carbocycles. The lowest BCUT2D eigenvalue weighted by Crippen LogP contribution is -2.50. The third-order valence-corrected chi connectivity index (χ3v) is 5.70. The topological polar surface area (TPSA) is 49.8 Å². The number of fused-ring (bicyclic) bond motifs is 1. The van der Waals surface area contributed by atoms with Crippen LogP contribution >= 0.6 is 0 Å². The molecule has 0 spiro atoms. The SMILES string of the molecule is CC1=C(CN2CC(C(=O)O)C2)CCc2cc(OC3CC=CC3)ccc21. The van der Waals surface area contributed by atoms with Gasteiger partial charge in [-0.1, -0.05) is 23.8 Å². The minimum atomic E-state index is -0.666. The number of aliphatic carboxylic acids is 1. The fourth-order valence-electron chi connectivity index (χ4n) is 4.08. The van der Waals surface area contributed by atoms with Crippen molar-refractivity contribution in [1.82, 2.24) is 4.90 Å². The monoisotopic (exact) mass is 339 g/mol. The van der Waals surface area contributed by atoms with Gasteiger partial charge in [0.15, 0.2) is 0 Å². The quantitative estimate of drug-likeness (QED) is 0.834. The van der Waals surface area contributed by atoms with Crippen LogP contribution in [-0.4, -0.2) is 41.7 Å². The van der Waals surface area contributed by atoms with Crippen molar-refractivity contribution in [2.45, 2.75) is 38.7 Å². The standard InChI is InChI=1S/C21H25NO3/c1-14-16(11-22-12-17(13-22)21(23)24)7-6-15-10-19(8-9-20(14)15)25-18-4-2-3-5-18/h2-3,8-10,17-18H,4-7,11-13H2,1H3,(H,23,24). The molecule has 0 aromatic heterocycles. The number of ether oxygens (including phenoxy) is 1. The van der Waals surface area contributed by atoms with Gasteiger partial charge in [0, 0.05) is 32.5 Å². The summed E-state index contributed by atoms with van der Waals surface area (Å²) in [6.45, 7) is 4.46. The van der Waals surface area contributed by atoms with Gasteiger partial charge in [-0.2, -0.15) is 0 Å².